The van der Waals surface area contributed by atoms with E-state index in [0.29, 0.717) is 19.4 Å². The summed E-state index contributed by atoms with van der Waals surface area (Å²) in [7, 11) is 0. The molecule has 8 heteroatoms. The highest BCUT2D eigenvalue weighted by Crippen LogP contribution is 2.39. The number of amides is 1. The van der Waals surface area contributed by atoms with Crippen LogP contribution in [0.4, 0.5) is 0 Å². The lowest BCUT2D eigenvalue weighted by molar-refractivity contribution is -0.131. The van der Waals surface area contributed by atoms with Crippen LogP contribution in [0, 0.1) is 13.8 Å². The Morgan fingerprint density at radius 1 is 1.18 bits per heavy atom. The second kappa shape index (κ2) is 7.18. The molecule has 28 heavy (non-hydrogen) atoms. The zero-order valence-electron chi connectivity index (χ0n) is 16.5. The van der Waals surface area contributed by atoms with Gasteiger partial charge in [0.25, 0.3) is 0 Å². The molecule has 0 spiro atoms. The molecule has 0 N–H and O–H groups in total. The lowest BCUT2D eigenvalue weighted by Gasteiger charge is -2.34. The van der Waals surface area contributed by atoms with Crippen molar-refractivity contribution in [2.75, 3.05) is 6.54 Å². The van der Waals surface area contributed by atoms with Crippen LogP contribution in [0.15, 0.2) is 36.9 Å². The highest BCUT2D eigenvalue weighted by Gasteiger charge is 2.46. The SMILES string of the molecule is Cc1cccc(C)c1-n1nnnc1C1(C)CCC(=O)N1CCCn1ccnc1. The molecular formula is C20H25N7O. The third-order valence-electron chi connectivity index (χ3n) is 5.68. The fourth-order valence-corrected chi connectivity index (χ4v) is 4.14. The molecule has 2 aromatic heterocycles. The van der Waals surface area contributed by atoms with E-state index in [0.717, 1.165) is 35.6 Å². The Hall–Kier alpha value is -3.03. The normalized spacial score (nSPS) is 19.5. The summed E-state index contributed by atoms with van der Waals surface area (Å²) in [5, 5.41) is 12.6. The Morgan fingerprint density at radius 3 is 2.68 bits per heavy atom. The standard InChI is InChI=1S/C20H25N7O/c1-15-6-4-7-16(2)18(15)27-19(22-23-24-27)20(3)9-8-17(28)26(20)12-5-11-25-13-10-21-14-25/h4,6-7,10,13-14H,5,8-9,11-12H2,1-3H3. The van der Waals surface area contributed by atoms with Gasteiger partial charge in [0.1, 0.15) is 5.54 Å². The summed E-state index contributed by atoms with van der Waals surface area (Å²) in [5.74, 6) is 0.877. The molecule has 1 unspecified atom stereocenters. The molecule has 0 saturated carbocycles. The van der Waals surface area contributed by atoms with Crippen LogP contribution in [0.3, 0.4) is 0 Å². The van der Waals surface area contributed by atoms with Crippen LogP contribution in [0.5, 0.6) is 0 Å². The number of aryl methyl sites for hydroxylation is 3. The summed E-state index contributed by atoms with van der Waals surface area (Å²) in [5.41, 5.74) is 2.67. The molecular weight excluding hydrogens is 354 g/mol. The Kier molecular flexibility index (Phi) is 4.70. The van der Waals surface area contributed by atoms with Crippen molar-refractivity contribution < 1.29 is 4.79 Å². The lowest BCUT2D eigenvalue weighted by Crippen LogP contribution is -2.43. The minimum atomic E-state index is -0.524. The predicted molar refractivity (Wildman–Crippen MR) is 104 cm³/mol. The lowest BCUT2D eigenvalue weighted by atomic mass is 9.97. The van der Waals surface area contributed by atoms with Crippen molar-refractivity contribution in [2.24, 2.45) is 0 Å². The maximum Gasteiger partial charge on any atom is 0.223 e. The van der Waals surface area contributed by atoms with Gasteiger partial charge in [0.2, 0.25) is 5.91 Å². The third-order valence-corrected chi connectivity index (χ3v) is 5.68. The minimum absolute atomic E-state index is 0.157. The number of aromatic nitrogens is 6. The molecule has 0 radical (unpaired) electrons. The van der Waals surface area contributed by atoms with Gasteiger partial charge < -0.3 is 9.47 Å². The zero-order chi connectivity index (χ0) is 19.7. The monoisotopic (exact) mass is 379 g/mol. The van der Waals surface area contributed by atoms with E-state index in [1.165, 1.54) is 0 Å². The average Bonchev–Trinajstić information content (AvgIpc) is 3.39. The smallest absolute Gasteiger partial charge is 0.223 e. The molecule has 8 nitrogen and oxygen atoms in total. The Labute approximate surface area is 164 Å². The number of hydrogen-bond acceptors (Lipinski definition) is 5. The summed E-state index contributed by atoms with van der Waals surface area (Å²) in [6.07, 6.45) is 7.58. The predicted octanol–water partition coefficient (Wildman–Crippen LogP) is 2.40. The number of imidazole rings is 1. The van der Waals surface area contributed by atoms with Gasteiger partial charge in [0, 0.05) is 31.9 Å². The molecule has 3 aromatic rings. The second-order valence-electron chi connectivity index (χ2n) is 7.63. The first kappa shape index (κ1) is 18.3. The summed E-state index contributed by atoms with van der Waals surface area (Å²) in [6.45, 7) is 7.66. The number of nitrogens with zero attached hydrogens (tertiary/aromatic N) is 7. The molecule has 1 fully saturated rings. The van der Waals surface area contributed by atoms with Gasteiger partial charge in [0.15, 0.2) is 5.82 Å². The van der Waals surface area contributed by atoms with Crippen molar-refractivity contribution in [1.82, 2.24) is 34.7 Å². The molecule has 146 valence electrons. The van der Waals surface area contributed by atoms with Crippen LogP contribution in [0.2, 0.25) is 0 Å². The van der Waals surface area contributed by atoms with Crippen molar-refractivity contribution in [1.29, 1.82) is 0 Å². The third kappa shape index (κ3) is 3.08. The number of tetrazole rings is 1. The van der Waals surface area contributed by atoms with Crippen LogP contribution in [-0.2, 0) is 16.9 Å². The molecule has 1 saturated heterocycles. The first-order chi connectivity index (χ1) is 13.5. The van der Waals surface area contributed by atoms with E-state index in [1.54, 1.807) is 12.5 Å². The number of benzene rings is 1. The maximum absolute atomic E-state index is 12.7. The van der Waals surface area contributed by atoms with Gasteiger partial charge in [-0.15, -0.1) is 5.10 Å². The highest BCUT2D eigenvalue weighted by atomic mass is 16.2. The summed E-state index contributed by atoms with van der Waals surface area (Å²) >= 11 is 0. The molecule has 1 amide bonds. The van der Waals surface area contributed by atoms with Crippen molar-refractivity contribution in [3.05, 3.63) is 53.9 Å². The number of carbonyl (C=O) groups is 1. The van der Waals surface area contributed by atoms with Crippen LogP contribution < -0.4 is 0 Å². The fourth-order valence-electron chi connectivity index (χ4n) is 4.14. The summed E-state index contributed by atoms with van der Waals surface area (Å²) < 4.78 is 3.84. The number of para-hydroxylation sites is 1. The molecule has 1 aromatic carbocycles. The Bertz CT molecular complexity index is 958. The fraction of sp³-hybridized carbons (Fsp3) is 0.450. The van der Waals surface area contributed by atoms with Gasteiger partial charge in [-0.2, -0.15) is 4.68 Å². The van der Waals surface area contributed by atoms with Crippen LogP contribution in [-0.4, -0.2) is 47.1 Å². The first-order valence-corrected chi connectivity index (χ1v) is 9.62. The molecule has 0 aliphatic carbocycles. The second-order valence-corrected chi connectivity index (χ2v) is 7.63. The number of carbonyl (C=O) groups excluding carboxylic acids is 1. The average molecular weight is 379 g/mol. The summed E-state index contributed by atoms with van der Waals surface area (Å²) in [6, 6.07) is 6.14. The van der Waals surface area contributed by atoms with Crippen LogP contribution in [0.1, 0.15) is 43.1 Å². The highest BCUT2D eigenvalue weighted by molar-refractivity contribution is 5.79. The molecule has 1 aliphatic heterocycles. The Balaban J connectivity index is 1.64. The van der Waals surface area contributed by atoms with Crippen molar-refractivity contribution in [3.63, 3.8) is 0 Å². The number of rotatable bonds is 6. The van der Waals surface area contributed by atoms with Gasteiger partial charge in [-0.3, -0.25) is 4.79 Å². The molecule has 4 rings (SSSR count). The van der Waals surface area contributed by atoms with Crippen molar-refractivity contribution >= 4 is 5.91 Å². The van der Waals surface area contributed by atoms with E-state index in [4.69, 9.17) is 0 Å². The Morgan fingerprint density at radius 2 is 1.96 bits per heavy atom. The van der Waals surface area contributed by atoms with Gasteiger partial charge in [-0.1, -0.05) is 18.2 Å². The summed E-state index contributed by atoms with van der Waals surface area (Å²) in [4.78, 5) is 18.7. The van der Waals surface area contributed by atoms with Crippen LogP contribution in [0.25, 0.3) is 5.69 Å². The largest absolute Gasteiger partial charge is 0.337 e. The van der Waals surface area contributed by atoms with E-state index >= 15 is 0 Å². The van der Waals surface area contributed by atoms with E-state index in [1.807, 2.05) is 26.4 Å². The van der Waals surface area contributed by atoms with Gasteiger partial charge >= 0.3 is 0 Å². The number of likely N-dealkylation sites (tertiary alicyclic amines) is 1. The molecule has 3 heterocycles. The molecule has 1 atom stereocenters. The van der Waals surface area contributed by atoms with Crippen LogP contribution >= 0.6 is 0 Å². The van der Waals surface area contributed by atoms with Gasteiger partial charge in [-0.05, 0) is 55.2 Å². The topological polar surface area (TPSA) is 81.7 Å². The van der Waals surface area contributed by atoms with E-state index in [9.17, 15) is 4.79 Å². The van der Waals surface area contributed by atoms with Gasteiger partial charge in [-0.25, -0.2) is 4.98 Å². The zero-order valence-corrected chi connectivity index (χ0v) is 16.5. The first-order valence-electron chi connectivity index (χ1n) is 9.62. The minimum Gasteiger partial charge on any atom is -0.337 e. The van der Waals surface area contributed by atoms with E-state index < -0.39 is 5.54 Å². The quantitative estimate of drug-likeness (QED) is 0.657. The maximum atomic E-state index is 12.7. The van der Waals surface area contributed by atoms with E-state index in [2.05, 4.69) is 53.4 Å². The van der Waals surface area contributed by atoms with Crippen molar-refractivity contribution in [3.8, 4) is 5.69 Å². The van der Waals surface area contributed by atoms with Crippen molar-refractivity contribution in [2.45, 2.75) is 52.1 Å². The number of hydrogen-bond donors (Lipinski definition) is 0. The molecule has 0 bridgehead atoms. The van der Waals surface area contributed by atoms with E-state index in [-0.39, 0.29) is 5.91 Å². The molecule has 1 aliphatic rings. The van der Waals surface area contributed by atoms with Gasteiger partial charge in [0.05, 0.1) is 12.0 Å².